The summed E-state index contributed by atoms with van der Waals surface area (Å²) >= 11 is 0. The molecule has 4 rings (SSSR count). The van der Waals surface area contributed by atoms with Crippen molar-refractivity contribution < 1.29 is 13.6 Å². The van der Waals surface area contributed by atoms with Crippen LogP contribution >= 0.6 is 0 Å². The second kappa shape index (κ2) is 5.28. The normalized spacial score (nSPS) is 25.8. The van der Waals surface area contributed by atoms with E-state index in [-0.39, 0.29) is 5.56 Å². The van der Waals surface area contributed by atoms with Crippen molar-refractivity contribution in [3.63, 3.8) is 0 Å². The van der Waals surface area contributed by atoms with Crippen molar-refractivity contribution in [1.82, 2.24) is 15.1 Å². The molecule has 2 fully saturated rings. The predicted molar refractivity (Wildman–Crippen MR) is 80.8 cm³/mol. The minimum absolute atomic E-state index is 0.0325. The van der Waals surface area contributed by atoms with Gasteiger partial charge in [0.05, 0.1) is 5.56 Å². The summed E-state index contributed by atoms with van der Waals surface area (Å²) in [4.78, 5) is 12.5. The molecule has 0 spiro atoms. The molecule has 1 aromatic heterocycles. The third kappa shape index (κ3) is 2.31. The number of carbonyl (C=O) groups is 1. The molecular weight excluding hydrogens is 300 g/mol. The molecule has 4 nitrogen and oxygen atoms in total. The Balaban J connectivity index is 1.63. The number of hydrogen-bond acceptors (Lipinski definition) is 2. The lowest BCUT2D eigenvalue weighted by Crippen LogP contribution is -2.27. The van der Waals surface area contributed by atoms with E-state index < -0.39 is 18.0 Å². The van der Waals surface area contributed by atoms with Crippen LogP contribution in [-0.2, 0) is 7.05 Å². The Kier molecular flexibility index (Phi) is 3.36. The molecule has 1 aromatic rings. The van der Waals surface area contributed by atoms with E-state index >= 15 is 0 Å². The summed E-state index contributed by atoms with van der Waals surface area (Å²) in [5.74, 6) is 0.697. The van der Waals surface area contributed by atoms with Gasteiger partial charge in [0.2, 0.25) is 0 Å². The maximum absolute atomic E-state index is 13.0. The summed E-state index contributed by atoms with van der Waals surface area (Å²) in [5, 5.41) is 6.62. The summed E-state index contributed by atoms with van der Waals surface area (Å²) in [6, 6.07) is 0. The van der Waals surface area contributed by atoms with E-state index in [2.05, 4.69) is 16.5 Å². The monoisotopic (exact) mass is 319 g/mol. The van der Waals surface area contributed by atoms with E-state index in [4.69, 9.17) is 0 Å². The number of fused-ring (bicyclic) bond motifs is 5. The predicted octanol–water partition coefficient (Wildman–Crippen LogP) is 3.49. The Morgan fingerprint density at radius 2 is 2.17 bits per heavy atom. The minimum atomic E-state index is -2.75. The van der Waals surface area contributed by atoms with Crippen LogP contribution in [0.5, 0.6) is 0 Å². The number of rotatable bonds is 3. The zero-order chi connectivity index (χ0) is 16.1. The van der Waals surface area contributed by atoms with Gasteiger partial charge in [-0.2, -0.15) is 5.10 Å². The molecule has 0 aliphatic heterocycles. The van der Waals surface area contributed by atoms with Gasteiger partial charge < -0.3 is 5.32 Å². The summed E-state index contributed by atoms with van der Waals surface area (Å²) in [6.07, 6.45) is 6.18. The molecule has 2 saturated carbocycles. The van der Waals surface area contributed by atoms with Gasteiger partial charge in [-0.15, -0.1) is 0 Å². The van der Waals surface area contributed by atoms with Crippen LogP contribution in [0.1, 0.15) is 54.6 Å². The summed E-state index contributed by atoms with van der Waals surface area (Å²) in [6.45, 7) is 0. The highest BCUT2D eigenvalue weighted by molar-refractivity contribution is 5.96. The van der Waals surface area contributed by atoms with Crippen LogP contribution < -0.4 is 5.32 Å². The molecular formula is C17H19F2N3O. The van der Waals surface area contributed by atoms with E-state index in [1.807, 2.05) is 0 Å². The van der Waals surface area contributed by atoms with Gasteiger partial charge in [-0.05, 0) is 55.1 Å². The molecule has 1 N–H and O–H groups in total. The Morgan fingerprint density at radius 1 is 1.39 bits per heavy atom. The third-order valence-corrected chi connectivity index (χ3v) is 5.25. The zero-order valence-corrected chi connectivity index (χ0v) is 13.0. The van der Waals surface area contributed by atoms with Crippen LogP contribution in [0, 0.1) is 11.8 Å². The molecule has 2 atom stereocenters. The third-order valence-electron chi connectivity index (χ3n) is 5.25. The standard InChI is InChI=1S/C17H19F2N3O/c1-22-8-12(15(21-22)16(18)19)17(23)20-13-4-2-3-11-9-5-6-10(7-9)14(11)13/h3,8-10,16H,2,4-7H2,1H3,(H,20,23). The number of carbonyl (C=O) groups excluding carboxylic acids is 1. The number of aromatic nitrogens is 2. The highest BCUT2D eigenvalue weighted by Crippen LogP contribution is 2.54. The fourth-order valence-corrected chi connectivity index (χ4v) is 4.36. The van der Waals surface area contributed by atoms with Crippen molar-refractivity contribution in [2.75, 3.05) is 0 Å². The second-order valence-electron chi connectivity index (χ2n) is 6.65. The summed E-state index contributed by atoms with van der Waals surface area (Å²) < 4.78 is 27.3. The van der Waals surface area contributed by atoms with Crippen molar-refractivity contribution in [2.24, 2.45) is 18.9 Å². The van der Waals surface area contributed by atoms with Crippen molar-refractivity contribution in [3.8, 4) is 0 Å². The Hall–Kier alpha value is -1.98. The first kappa shape index (κ1) is 14.6. The Labute approximate surface area is 133 Å². The highest BCUT2D eigenvalue weighted by Gasteiger charge is 2.42. The SMILES string of the molecule is Cn1cc(C(=O)NC2=C3C(=CCC2)C2CCC3C2)c(C(F)F)n1. The molecule has 0 aromatic carbocycles. The van der Waals surface area contributed by atoms with Gasteiger partial charge in [0.25, 0.3) is 12.3 Å². The maximum Gasteiger partial charge on any atom is 0.282 e. The van der Waals surface area contributed by atoms with Crippen LogP contribution in [0.15, 0.2) is 29.1 Å². The fraction of sp³-hybridized carbons (Fsp3) is 0.529. The highest BCUT2D eigenvalue weighted by atomic mass is 19.3. The number of nitrogens with one attached hydrogen (secondary N) is 1. The van der Waals surface area contributed by atoms with Crippen LogP contribution in [0.25, 0.3) is 0 Å². The Bertz CT molecular complexity index is 732. The summed E-state index contributed by atoms with van der Waals surface area (Å²) in [5.41, 5.74) is 3.13. The van der Waals surface area contributed by atoms with Gasteiger partial charge >= 0.3 is 0 Å². The van der Waals surface area contributed by atoms with Gasteiger partial charge in [0, 0.05) is 18.9 Å². The van der Waals surface area contributed by atoms with Crippen molar-refractivity contribution in [2.45, 2.75) is 38.5 Å². The topological polar surface area (TPSA) is 46.9 Å². The number of hydrogen-bond donors (Lipinski definition) is 1. The smallest absolute Gasteiger partial charge is 0.282 e. The molecule has 122 valence electrons. The first-order valence-corrected chi connectivity index (χ1v) is 8.11. The van der Waals surface area contributed by atoms with E-state index in [1.165, 1.54) is 41.3 Å². The number of nitrogens with zero attached hydrogens (tertiary/aromatic N) is 2. The number of aryl methyl sites for hydroxylation is 1. The average Bonchev–Trinajstić information content (AvgIpc) is 3.21. The molecule has 3 aliphatic carbocycles. The largest absolute Gasteiger partial charge is 0.325 e. The fourth-order valence-electron chi connectivity index (χ4n) is 4.36. The van der Waals surface area contributed by atoms with Crippen molar-refractivity contribution in [1.29, 1.82) is 0 Å². The van der Waals surface area contributed by atoms with Gasteiger partial charge in [-0.25, -0.2) is 8.78 Å². The van der Waals surface area contributed by atoms with E-state index in [1.54, 1.807) is 7.05 Å². The first-order valence-electron chi connectivity index (χ1n) is 8.11. The average molecular weight is 319 g/mol. The molecule has 1 amide bonds. The van der Waals surface area contributed by atoms with Gasteiger partial charge in [0.1, 0.15) is 5.69 Å². The lowest BCUT2D eigenvalue weighted by atomic mass is 9.83. The molecule has 23 heavy (non-hydrogen) atoms. The lowest BCUT2D eigenvalue weighted by molar-refractivity contribution is 0.0949. The summed E-state index contributed by atoms with van der Waals surface area (Å²) in [7, 11) is 1.54. The van der Waals surface area contributed by atoms with Gasteiger partial charge in [-0.3, -0.25) is 9.48 Å². The van der Waals surface area contributed by atoms with E-state index in [9.17, 15) is 13.6 Å². The quantitative estimate of drug-likeness (QED) is 0.927. The van der Waals surface area contributed by atoms with Crippen LogP contribution in [0.2, 0.25) is 0 Å². The maximum atomic E-state index is 13.0. The number of halogens is 2. The Morgan fingerprint density at radius 3 is 2.96 bits per heavy atom. The second-order valence-corrected chi connectivity index (χ2v) is 6.65. The lowest BCUT2D eigenvalue weighted by Gasteiger charge is -2.26. The number of allylic oxidation sites excluding steroid dienone is 4. The molecule has 0 saturated heterocycles. The van der Waals surface area contributed by atoms with Crippen LogP contribution in [-0.4, -0.2) is 15.7 Å². The zero-order valence-electron chi connectivity index (χ0n) is 13.0. The van der Waals surface area contributed by atoms with Crippen LogP contribution in [0.4, 0.5) is 8.78 Å². The molecule has 2 bridgehead atoms. The van der Waals surface area contributed by atoms with Crippen molar-refractivity contribution in [3.05, 3.63) is 40.4 Å². The molecule has 2 unspecified atom stereocenters. The molecule has 1 heterocycles. The van der Waals surface area contributed by atoms with Crippen molar-refractivity contribution >= 4 is 5.91 Å². The molecule has 3 aliphatic rings. The van der Waals surface area contributed by atoms with Gasteiger partial charge in [-0.1, -0.05) is 6.08 Å². The minimum Gasteiger partial charge on any atom is -0.325 e. The molecule has 0 radical (unpaired) electrons. The van der Waals surface area contributed by atoms with Crippen LogP contribution in [0.3, 0.4) is 0 Å². The first-order chi connectivity index (χ1) is 11.0. The van der Waals surface area contributed by atoms with E-state index in [0.29, 0.717) is 11.8 Å². The number of amides is 1. The molecule has 6 heteroatoms. The van der Waals surface area contributed by atoms with Gasteiger partial charge in [0.15, 0.2) is 0 Å². The van der Waals surface area contributed by atoms with E-state index in [0.717, 1.165) is 18.5 Å². The number of alkyl halides is 2.